The van der Waals surface area contributed by atoms with Crippen LogP contribution in [-0.2, 0) is 13.0 Å². The lowest BCUT2D eigenvalue weighted by Gasteiger charge is -2.31. The molecule has 222 valence electrons. The van der Waals surface area contributed by atoms with Gasteiger partial charge in [-0.15, -0.1) is 0 Å². The molecular weight excluding hydrogens is 542 g/mol. The van der Waals surface area contributed by atoms with Crippen LogP contribution >= 0.6 is 0 Å². The van der Waals surface area contributed by atoms with E-state index in [0.29, 0.717) is 58.5 Å². The average Bonchev–Trinajstić information content (AvgIpc) is 3.62. The zero-order valence-corrected chi connectivity index (χ0v) is 23.8. The van der Waals surface area contributed by atoms with E-state index in [2.05, 4.69) is 20.5 Å². The zero-order chi connectivity index (χ0) is 29.0. The molecule has 7 rings (SSSR count). The Balaban J connectivity index is 1.26. The Morgan fingerprint density at radius 2 is 2.07 bits per heavy atom. The first-order valence-corrected chi connectivity index (χ1v) is 15.0. The van der Waals surface area contributed by atoms with Crippen molar-refractivity contribution in [3.63, 3.8) is 0 Å². The maximum atomic E-state index is 14.9. The third kappa shape index (κ3) is 4.63. The molecule has 3 aromatic rings. The second kappa shape index (κ2) is 10.6. The third-order valence-corrected chi connectivity index (χ3v) is 9.42. The first kappa shape index (κ1) is 27.3. The normalized spacial score (nSPS) is 24.4. The fourth-order valence-electron chi connectivity index (χ4n) is 7.39. The van der Waals surface area contributed by atoms with Crippen molar-refractivity contribution in [3.05, 3.63) is 46.9 Å². The number of aryl methyl sites for hydroxylation is 1. The van der Waals surface area contributed by atoms with Crippen molar-refractivity contribution in [1.29, 1.82) is 0 Å². The maximum absolute atomic E-state index is 14.9. The van der Waals surface area contributed by atoms with Crippen LogP contribution in [0.1, 0.15) is 60.6 Å². The molecule has 2 aromatic carbocycles. The number of nitrogens with zero attached hydrogens (tertiary/aromatic N) is 4. The number of ether oxygens (including phenoxy) is 1. The summed E-state index contributed by atoms with van der Waals surface area (Å²) in [6.45, 7) is 5.28. The average molecular weight is 579 g/mol. The fourth-order valence-corrected chi connectivity index (χ4v) is 7.39. The molecule has 3 fully saturated rings. The van der Waals surface area contributed by atoms with Gasteiger partial charge in [0.1, 0.15) is 35.7 Å². The molecule has 1 amide bonds. The van der Waals surface area contributed by atoms with Crippen molar-refractivity contribution in [1.82, 2.24) is 20.2 Å². The molecule has 4 aliphatic rings. The summed E-state index contributed by atoms with van der Waals surface area (Å²) in [7, 11) is 0. The highest BCUT2D eigenvalue weighted by molar-refractivity contribution is 6.16. The van der Waals surface area contributed by atoms with Crippen molar-refractivity contribution in [3.8, 4) is 11.8 Å². The predicted octanol–water partition coefficient (Wildman–Crippen LogP) is 4.32. The zero-order valence-electron chi connectivity index (χ0n) is 23.8. The van der Waals surface area contributed by atoms with Crippen LogP contribution in [0.15, 0.2) is 24.3 Å². The lowest BCUT2D eigenvalue weighted by atomic mass is 9.95. The van der Waals surface area contributed by atoms with Gasteiger partial charge < -0.3 is 25.4 Å². The first-order valence-electron chi connectivity index (χ1n) is 15.0. The largest absolute Gasteiger partial charge is 0.508 e. The summed E-state index contributed by atoms with van der Waals surface area (Å²) in [5.74, 6) is -0.270. The molecule has 1 aromatic heterocycles. The van der Waals surface area contributed by atoms with E-state index in [0.717, 1.165) is 45.3 Å². The van der Waals surface area contributed by atoms with Crippen LogP contribution in [0.3, 0.4) is 0 Å². The molecule has 2 atom stereocenters. The van der Waals surface area contributed by atoms with Crippen molar-refractivity contribution in [2.75, 3.05) is 43.0 Å². The molecular formula is C31H36F2N6O3. The number of amides is 1. The topological polar surface area (TPSA) is 103 Å². The molecule has 3 saturated heterocycles. The van der Waals surface area contributed by atoms with Crippen LogP contribution in [0.25, 0.3) is 10.8 Å². The summed E-state index contributed by atoms with van der Waals surface area (Å²) in [5, 5.41) is 18.6. The van der Waals surface area contributed by atoms with Crippen LogP contribution < -0.4 is 20.3 Å². The number of hydrogen-bond donors (Lipinski definition) is 3. The highest BCUT2D eigenvalue weighted by Gasteiger charge is 2.49. The van der Waals surface area contributed by atoms with Gasteiger partial charge in [0.25, 0.3) is 5.91 Å². The first-order chi connectivity index (χ1) is 20.3. The molecule has 0 saturated carbocycles. The summed E-state index contributed by atoms with van der Waals surface area (Å²) in [6, 6.07) is 6.38. The van der Waals surface area contributed by atoms with E-state index in [1.54, 1.807) is 17.0 Å². The molecule has 3 N–H and O–H groups in total. The Labute approximate surface area is 243 Å². The van der Waals surface area contributed by atoms with Gasteiger partial charge in [0.05, 0.1) is 23.5 Å². The lowest BCUT2D eigenvalue weighted by Crippen LogP contribution is -2.43. The standard InChI is InChI=1S/C31H36F2N6O3/c1-2-22-23(33)5-4-18-12-21(40)13-25(26(18)22)39-16-24-27(29(39)41)28(35-20-6-9-34-10-7-20)37-30(36-24)42-17-31-8-3-11-38(31)15-19(32)14-31/h4-5,12-13,19-20,34,40H,2-3,6-11,14-17H2,1H3,(H,35,36,37). The van der Waals surface area contributed by atoms with Crippen molar-refractivity contribution in [2.45, 2.75) is 69.7 Å². The summed E-state index contributed by atoms with van der Waals surface area (Å²) in [6.07, 6.45) is 3.61. The van der Waals surface area contributed by atoms with Gasteiger partial charge in [-0.25, -0.2) is 8.78 Å². The van der Waals surface area contributed by atoms with Crippen molar-refractivity contribution in [2.24, 2.45) is 0 Å². The third-order valence-electron chi connectivity index (χ3n) is 9.42. The summed E-state index contributed by atoms with van der Waals surface area (Å²) < 4.78 is 35.5. The number of carbonyl (C=O) groups excluding carboxylic acids is 1. The van der Waals surface area contributed by atoms with Crippen molar-refractivity contribution < 1.29 is 23.4 Å². The molecule has 42 heavy (non-hydrogen) atoms. The second-order valence-corrected chi connectivity index (χ2v) is 12.0. The summed E-state index contributed by atoms with van der Waals surface area (Å²) in [5.41, 5.74) is 1.42. The SMILES string of the molecule is CCc1c(F)ccc2cc(O)cc(N3Cc4nc(OCC56CCCN5CC(F)C6)nc(NC5CCNCC5)c4C3=O)c12. The van der Waals surface area contributed by atoms with E-state index in [-0.39, 0.29) is 48.2 Å². The molecule has 0 spiro atoms. The van der Waals surface area contributed by atoms with Crippen LogP contribution in [-0.4, -0.2) is 76.4 Å². The van der Waals surface area contributed by atoms with Gasteiger partial charge in [0.15, 0.2) is 0 Å². The molecule has 0 aliphatic carbocycles. The molecule has 0 bridgehead atoms. The minimum atomic E-state index is -0.867. The Morgan fingerprint density at radius 1 is 1.24 bits per heavy atom. The van der Waals surface area contributed by atoms with Gasteiger partial charge in [-0.2, -0.15) is 9.97 Å². The van der Waals surface area contributed by atoms with Crippen LogP contribution in [0.2, 0.25) is 0 Å². The number of aromatic hydroxyl groups is 1. The highest BCUT2D eigenvalue weighted by atomic mass is 19.1. The van der Waals surface area contributed by atoms with Gasteiger partial charge in [0.2, 0.25) is 0 Å². The van der Waals surface area contributed by atoms with E-state index in [1.165, 1.54) is 12.1 Å². The van der Waals surface area contributed by atoms with Gasteiger partial charge in [0, 0.05) is 30.5 Å². The number of rotatable bonds is 7. The van der Waals surface area contributed by atoms with Crippen LogP contribution in [0, 0.1) is 5.82 Å². The van der Waals surface area contributed by atoms with E-state index in [9.17, 15) is 18.7 Å². The van der Waals surface area contributed by atoms with Crippen LogP contribution in [0.4, 0.5) is 20.3 Å². The van der Waals surface area contributed by atoms with Gasteiger partial charge in [-0.1, -0.05) is 13.0 Å². The van der Waals surface area contributed by atoms with Crippen LogP contribution in [0.5, 0.6) is 11.8 Å². The second-order valence-electron chi connectivity index (χ2n) is 12.0. The minimum absolute atomic E-state index is 0.0128. The van der Waals surface area contributed by atoms with Gasteiger partial charge >= 0.3 is 6.01 Å². The number of phenolic OH excluding ortho intramolecular Hbond substituents is 1. The van der Waals surface area contributed by atoms with E-state index in [4.69, 9.17) is 9.72 Å². The minimum Gasteiger partial charge on any atom is -0.508 e. The number of anilines is 2. The quantitative estimate of drug-likeness (QED) is 0.381. The number of halogens is 2. The smallest absolute Gasteiger partial charge is 0.318 e. The molecule has 4 aliphatic heterocycles. The summed E-state index contributed by atoms with van der Waals surface area (Å²) >= 11 is 0. The number of hydrogen-bond acceptors (Lipinski definition) is 8. The Hall–Kier alpha value is -3.57. The number of aromatic nitrogens is 2. The van der Waals surface area contributed by atoms with Gasteiger partial charge in [-0.3, -0.25) is 9.69 Å². The predicted molar refractivity (Wildman–Crippen MR) is 156 cm³/mol. The molecule has 9 nitrogen and oxygen atoms in total. The fraction of sp³-hybridized carbons (Fsp3) is 0.516. The number of alkyl halides is 1. The number of nitrogens with one attached hydrogen (secondary N) is 2. The summed E-state index contributed by atoms with van der Waals surface area (Å²) in [4.78, 5) is 27.2. The van der Waals surface area contributed by atoms with Crippen molar-refractivity contribution >= 4 is 28.2 Å². The maximum Gasteiger partial charge on any atom is 0.318 e. The van der Waals surface area contributed by atoms with Gasteiger partial charge in [-0.05, 0) is 74.8 Å². The Bertz CT molecular complexity index is 1550. The monoisotopic (exact) mass is 578 g/mol. The molecule has 0 radical (unpaired) electrons. The van der Waals surface area contributed by atoms with E-state index >= 15 is 0 Å². The lowest BCUT2D eigenvalue weighted by molar-refractivity contribution is 0.0996. The Kier molecular flexibility index (Phi) is 6.89. The number of carbonyl (C=O) groups is 1. The molecule has 2 unspecified atom stereocenters. The number of benzene rings is 2. The number of fused-ring (bicyclic) bond motifs is 3. The highest BCUT2D eigenvalue weighted by Crippen LogP contribution is 2.42. The molecule has 11 heteroatoms. The number of piperidine rings is 1. The molecule has 5 heterocycles. The Morgan fingerprint density at radius 3 is 2.88 bits per heavy atom. The number of phenols is 1. The van der Waals surface area contributed by atoms with E-state index in [1.807, 2.05) is 6.92 Å². The van der Waals surface area contributed by atoms with E-state index < -0.39 is 6.17 Å².